The Labute approximate surface area is 279 Å². The van der Waals surface area contributed by atoms with Crippen LogP contribution in [0, 0.1) is 0 Å². The molecule has 0 aliphatic carbocycles. The highest BCUT2D eigenvalue weighted by molar-refractivity contribution is 5.85. The molecule has 2 N–H and O–H groups in total. The molecule has 0 bridgehead atoms. The zero-order chi connectivity index (χ0) is 33.4. The summed E-state index contributed by atoms with van der Waals surface area (Å²) in [6.07, 6.45) is 30.8. The molecular weight excluding hydrogens is 562 g/mol. The molecule has 6 heteroatoms. The quantitative estimate of drug-likeness (QED) is 0.0541. The molecule has 0 aromatic heterocycles. The summed E-state index contributed by atoms with van der Waals surface area (Å²) in [5.41, 5.74) is -0.536. The third-order valence-corrected chi connectivity index (χ3v) is 9.30. The Balaban J connectivity index is 5.39. The zero-order valence-corrected chi connectivity index (χ0v) is 30.4. The van der Waals surface area contributed by atoms with Crippen molar-refractivity contribution in [3.63, 3.8) is 0 Å². The molecule has 0 aromatic rings. The summed E-state index contributed by atoms with van der Waals surface area (Å²) in [4.78, 5) is 38.2. The Morgan fingerprint density at radius 3 is 1.29 bits per heavy atom. The van der Waals surface area contributed by atoms with Crippen molar-refractivity contribution in [3.05, 3.63) is 0 Å². The van der Waals surface area contributed by atoms with Gasteiger partial charge in [-0.15, -0.1) is 0 Å². The van der Waals surface area contributed by atoms with Gasteiger partial charge in [-0.3, -0.25) is 9.59 Å². The molecule has 45 heavy (non-hydrogen) atoms. The topological polar surface area (TPSA) is 92.7 Å². The first-order valence-electron chi connectivity index (χ1n) is 19.6. The molecule has 1 atom stereocenters. The van der Waals surface area contributed by atoms with Crippen LogP contribution >= 0.6 is 0 Å². The second-order valence-corrected chi connectivity index (χ2v) is 13.7. The number of nitrogens with one attached hydrogen (secondary N) is 1. The SMILES string of the molecule is CCCCCCCCCCCC(=O)N[C@@H](CCC(=O)O)C(=O)OC(CCCCCC)(CCCCCC)CCCCCCCCC. The van der Waals surface area contributed by atoms with Crippen LogP contribution < -0.4 is 5.32 Å². The third-order valence-electron chi connectivity index (χ3n) is 9.30. The molecule has 266 valence electrons. The molecule has 0 saturated heterocycles. The molecule has 0 aliphatic heterocycles. The van der Waals surface area contributed by atoms with E-state index < -0.39 is 23.6 Å². The standard InChI is InChI=1S/C39H75NO5/c1-5-9-13-17-19-20-21-23-25-29-36(41)40-35(30-31-37(42)43)38(44)45-39(32-26-15-11-7-3,33-27-16-12-8-4)34-28-24-22-18-14-10-6-2/h35H,5-34H2,1-4H3,(H,40,41)(H,42,43)/t35-/m0/s1. The number of hydrogen-bond donors (Lipinski definition) is 2. The summed E-state index contributed by atoms with van der Waals surface area (Å²) in [6, 6.07) is -0.910. The van der Waals surface area contributed by atoms with Gasteiger partial charge in [0.05, 0.1) is 0 Å². The minimum absolute atomic E-state index is 0.0663. The Morgan fingerprint density at radius 1 is 0.533 bits per heavy atom. The molecule has 0 rings (SSSR count). The lowest BCUT2D eigenvalue weighted by molar-refractivity contribution is -0.167. The van der Waals surface area contributed by atoms with E-state index in [9.17, 15) is 19.5 Å². The number of carbonyl (C=O) groups is 3. The van der Waals surface area contributed by atoms with Gasteiger partial charge >= 0.3 is 11.9 Å². The van der Waals surface area contributed by atoms with Crippen molar-refractivity contribution in [1.82, 2.24) is 5.32 Å². The van der Waals surface area contributed by atoms with Gasteiger partial charge in [0.15, 0.2) is 0 Å². The average Bonchev–Trinajstić information content (AvgIpc) is 3.02. The molecule has 6 nitrogen and oxygen atoms in total. The van der Waals surface area contributed by atoms with Crippen LogP contribution in [-0.2, 0) is 19.1 Å². The normalized spacial score (nSPS) is 12.3. The summed E-state index contributed by atoms with van der Waals surface area (Å²) in [7, 11) is 0. The molecular formula is C39H75NO5. The van der Waals surface area contributed by atoms with E-state index in [1.54, 1.807) is 0 Å². The van der Waals surface area contributed by atoms with Gasteiger partial charge in [-0.1, -0.05) is 156 Å². The lowest BCUT2D eigenvalue weighted by Crippen LogP contribution is -2.46. The highest BCUT2D eigenvalue weighted by atomic mass is 16.6. The maximum atomic E-state index is 13.8. The van der Waals surface area contributed by atoms with Gasteiger partial charge in [0.25, 0.3) is 0 Å². The molecule has 0 aromatic carbocycles. The van der Waals surface area contributed by atoms with Crippen LogP contribution in [0.25, 0.3) is 0 Å². The van der Waals surface area contributed by atoms with Crippen LogP contribution in [-0.4, -0.2) is 34.6 Å². The van der Waals surface area contributed by atoms with Gasteiger partial charge in [-0.2, -0.15) is 0 Å². The van der Waals surface area contributed by atoms with Gasteiger partial charge in [0, 0.05) is 12.8 Å². The van der Waals surface area contributed by atoms with Crippen molar-refractivity contribution >= 4 is 17.8 Å². The van der Waals surface area contributed by atoms with E-state index in [2.05, 4.69) is 33.0 Å². The molecule has 1 amide bonds. The first-order valence-corrected chi connectivity index (χ1v) is 19.6. The summed E-state index contributed by atoms with van der Waals surface area (Å²) < 4.78 is 6.49. The maximum Gasteiger partial charge on any atom is 0.329 e. The molecule has 0 fully saturated rings. The molecule has 0 spiro atoms. The second-order valence-electron chi connectivity index (χ2n) is 13.7. The van der Waals surface area contributed by atoms with Crippen LogP contribution in [0.1, 0.15) is 220 Å². The summed E-state index contributed by atoms with van der Waals surface area (Å²) in [5.74, 6) is -1.58. The number of amides is 1. The highest BCUT2D eigenvalue weighted by Crippen LogP contribution is 2.34. The Kier molecular flexibility index (Phi) is 29.9. The van der Waals surface area contributed by atoms with E-state index in [-0.39, 0.29) is 18.7 Å². The van der Waals surface area contributed by atoms with E-state index in [1.807, 2.05) is 0 Å². The molecule has 0 aliphatic rings. The van der Waals surface area contributed by atoms with E-state index >= 15 is 0 Å². The van der Waals surface area contributed by atoms with Crippen molar-refractivity contribution in [3.8, 4) is 0 Å². The fourth-order valence-electron chi connectivity index (χ4n) is 6.34. The van der Waals surface area contributed by atoms with Gasteiger partial charge in [-0.25, -0.2) is 4.79 Å². The van der Waals surface area contributed by atoms with Crippen molar-refractivity contribution < 1.29 is 24.2 Å². The number of rotatable bonds is 34. The summed E-state index contributed by atoms with van der Waals surface area (Å²) in [6.45, 7) is 8.89. The predicted octanol–water partition coefficient (Wildman–Crippen LogP) is 11.6. The Bertz CT molecular complexity index is 698. The third kappa shape index (κ3) is 26.2. The number of hydrogen-bond acceptors (Lipinski definition) is 4. The van der Waals surface area contributed by atoms with Crippen LogP contribution in [0.15, 0.2) is 0 Å². The summed E-state index contributed by atoms with van der Waals surface area (Å²) >= 11 is 0. The van der Waals surface area contributed by atoms with Crippen LogP contribution in [0.3, 0.4) is 0 Å². The fourth-order valence-corrected chi connectivity index (χ4v) is 6.34. The average molecular weight is 638 g/mol. The van der Waals surface area contributed by atoms with E-state index in [4.69, 9.17) is 4.74 Å². The zero-order valence-electron chi connectivity index (χ0n) is 30.4. The van der Waals surface area contributed by atoms with Gasteiger partial charge in [0.1, 0.15) is 11.6 Å². The molecule has 0 radical (unpaired) electrons. The number of unbranched alkanes of at least 4 members (excludes halogenated alkanes) is 20. The van der Waals surface area contributed by atoms with Crippen LogP contribution in [0.4, 0.5) is 0 Å². The number of carbonyl (C=O) groups excluding carboxylic acids is 2. The first-order chi connectivity index (χ1) is 21.8. The van der Waals surface area contributed by atoms with E-state index in [1.165, 1.54) is 83.5 Å². The van der Waals surface area contributed by atoms with Gasteiger partial charge < -0.3 is 15.2 Å². The molecule has 0 unspecified atom stereocenters. The fraction of sp³-hybridized carbons (Fsp3) is 0.923. The number of carboxylic acid groups (broad SMARTS) is 1. The van der Waals surface area contributed by atoms with Crippen LogP contribution in [0.5, 0.6) is 0 Å². The van der Waals surface area contributed by atoms with Crippen molar-refractivity contribution in [2.75, 3.05) is 0 Å². The largest absolute Gasteiger partial charge is 0.481 e. The Morgan fingerprint density at radius 2 is 0.889 bits per heavy atom. The number of esters is 1. The minimum Gasteiger partial charge on any atom is -0.481 e. The van der Waals surface area contributed by atoms with Crippen LogP contribution in [0.2, 0.25) is 0 Å². The van der Waals surface area contributed by atoms with Crippen molar-refractivity contribution in [2.45, 2.75) is 232 Å². The smallest absolute Gasteiger partial charge is 0.329 e. The number of aliphatic carboxylic acids is 1. The number of carboxylic acids is 1. The lowest BCUT2D eigenvalue weighted by Gasteiger charge is -2.36. The highest BCUT2D eigenvalue weighted by Gasteiger charge is 2.36. The van der Waals surface area contributed by atoms with Gasteiger partial charge in [-0.05, 0) is 51.4 Å². The monoisotopic (exact) mass is 638 g/mol. The maximum absolute atomic E-state index is 13.8. The molecule has 0 saturated carbocycles. The van der Waals surface area contributed by atoms with E-state index in [0.29, 0.717) is 6.42 Å². The van der Waals surface area contributed by atoms with Crippen molar-refractivity contribution in [1.29, 1.82) is 0 Å². The first kappa shape index (κ1) is 43.4. The lowest BCUT2D eigenvalue weighted by atomic mass is 9.84. The summed E-state index contributed by atoms with van der Waals surface area (Å²) in [5, 5.41) is 12.3. The molecule has 0 heterocycles. The minimum atomic E-state index is -0.963. The second kappa shape index (κ2) is 31.0. The van der Waals surface area contributed by atoms with Crippen molar-refractivity contribution in [2.24, 2.45) is 0 Å². The Hall–Kier alpha value is -1.59. The van der Waals surface area contributed by atoms with Gasteiger partial charge in [0.2, 0.25) is 5.91 Å². The number of ether oxygens (including phenoxy) is 1. The predicted molar refractivity (Wildman–Crippen MR) is 190 cm³/mol. The van der Waals surface area contributed by atoms with E-state index in [0.717, 1.165) is 89.9 Å².